The van der Waals surface area contributed by atoms with E-state index in [4.69, 9.17) is 0 Å². The van der Waals surface area contributed by atoms with Gasteiger partial charge in [-0.15, -0.1) is 0 Å². The van der Waals surface area contributed by atoms with Gasteiger partial charge < -0.3 is 10.2 Å². The summed E-state index contributed by atoms with van der Waals surface area (Å²) in [4.78, 5) is 0. The van der Waals surface area contributed by atoms with Gasteiger partial charge in [0, 0.05) is 32.7 Å². The summed E-state index contributed by atoms with van der Waals surface area (Å²) in [5.74, 6) is 0. The Morgan fingerprint density at radius 1 is 1.67 bits per heavy atom. The van der Waals surface area contributed by atoms with Crippen molar-refractivity contribution in [1.82, 2.24) is 15.4 Å². The van der Waals surface area contributed by atoms with Gasteiger partial charge in [-0.3, -0.25) is 5.21 Å². The Kier molecular flexibility index (Phi) is 3.57. The van der Waals surface area contributed by atoms with Gasteiger partial charge in [-0.1, -0.05) is 6.20 Å². The maximum absolute atomic E-state index is 3.31. The molecule has 0 aliphatic heterocycles. The first kappa shape index (κ1) is 6.24. The Labute approximate surface area is 60.4 Å². The van der Waals surface area contributed by atoms with Gasteiger partial charge in [0.15, 0.2) is 0 Å². The molecule has 6 heavy (non-hydrogen) atoms. The van der Waals surface area contributed by atoms with Gasteiger partial charge in [0.25, 0.3) is 0 Å². The van der Waals surface area contributed by atoms with E-state index in [0.717, 1.165) is 0 Å². The predicted octanol–water partition coefficient (Wildman–Crippen LogP) is -0.769. The summed E-state index contributed by atoms with van der Waals surface area (Å²) in [6.45, 7) is 0. The van der Waals surface area contributed by atoms with E-state index >= 15 is 0 Å². The molecule has 1 aromatic heterocycles. The molecular weight excluding hydrogens is 155 g/mol. The fraction of sp³-hybridized carbons (Fsp3) is 0. The molecule has 0 saturated carbocycles. The van der Waals surface area contributed by atoms with Gasteiger partial charge in [-0.25, -0.2) is 0 Å². The second-order valence-corrected chi connectivity index (χ2v) is 0.563. The predicted molar refractivity (Wildman–Crippen MR) is 14.2 cm³/mol. The van der Waals surface area contributed by atoms with Crippen LogP contribution in [0.4, 0.5) is 0 Å². The van der Waals surface area contributed by atoms with Crippen LogP contribution < -0.4 is 5.10 Å². The van der Waals surface area contributed by atoms with Crippen LogP contribution in [-0.4, -0.2) is 10.3 Å². The maximum Gasteiger partial charge on any atom is 0 e. The molecule has 0 unspecified atom stereocenters. The van der Waals surface area contributed by atoms with Crippen LogP contribution >= 0.6 is 0 Å². The van der Waals surface area contributed by atoms with Crippen molar-refractivity contribution in [3.63, 3.8) is 0 Å². The summed E-state index contributed by atoms with van der Waals surface area (Å²) in [6.07, 6.45) is 3.79. The van der Waals surface area contributed by atoms with Crippen LogP contribution in [-0.2, 0) is 32.7 Å². The van der Waals surface area contributed by atoms with Crippen molar-refractivity contribution in [2.45, 2.75) is 0 Å². The third-order valence-electron chi connectivity index (χ3n) is 0.270. The Morgan fingerprint density at radius 3 is 2.67 bits per heavy atom. The molecule has 28 valence electrons. The molecule has 0 spiro atoms. The Balaban J connectivity index is 0.000000250. The molecule has 4 heteroatoms. The molecule has 1 aromatic rings. The van der Waals surface area contributed by atoms with Crippen LogP contribution in [0.25, 0.3) is 0 Å². The van der Waals surface area contributed by atoms with Crippen molar-refractivity contribution in [2.24, 2.45) is 0 Å². The first-order valence-corrected chi connectivity index (χ1v) is 1.17. The number of nitrogens with zero attached hydrogens (tertiary/aromatic N) is 3. The van der Waals surface area contributed by atoms with Gasteiger partial charge in [0.2, 0.25) is 0 Å². The van der Waals surface area contributed by atoms with Gasteiger partial charge in [-0.2, -0.15) is 0 Å². The van der Waals surface area contributed by atoms with E-state index in [9.17, 15) is 0 Å². The molecule has 3 nitrogen and oxygen atoms in total. The monoisotopic (exact) mass is 156 g/mol. The average molecular weight is 156 g/mol. The van der Waals surface area contributed by atoms with Crippen molar-refractivity contribution < 1.29 is 32.7 Å². The van der Waals surface area contributed by atoms with E-state index in [1.807, 2.05) is 0 Å². The van der Waals surface area contributed by atoms with E-state index in [0.29, 0.717) is 0 Å². The summed E-state index contributed by atoms with van der Waals surface area (Å²) >= 11 is 0. The Hall–Kier alpha value is 0.244. The van der Waals surface area contributed by atoms with Crippen LogP contribution in [0.15, 0.2) is 6.20 Å². The van der Waals surface area contributed by atoms with Gasteiger partial charge in [0.1, 0.15) is 0 Å². The summed E-state index contributed by atoms with van der Waals surface area (Å²) in [5.41, 5.74) is 0. The Bertz CT molecular complexity index is 65.3. The zero-order chi connectivity index (χ0) is 3.54. The quantitative estimate of drug-likeness (QED) is 0.495. The third kappa shape index (κ3) is 1.62. The van der Waals surface area contributed by atoms with Crippen LogP contribution in [0.5, 0.6) is 0 Å². The fourth-order valence-corrected chi connectivity index (χ4v) is 0.129. The topological polar surface area (TPSA) is 39.9 Å². The molecule has 1 rings (SSSR count). The average Bonchev–Trinajstić information content (AvgIpc) is 1.76. The van der Waals surface area contributed by atoms with E-state index < -0.39 is 0 Å². The second-order valence-electron chi connectivity index (χ2n) is 0.563. The summed E-state index contributed by atoms with van der Waals surface area (Å²) in [5, 5.41) is 9.71. The molecule has 0 atom stereocenters. The first-order valence-electron chi connectivity index (χ1n) is 1.17. The van der Waals surface area contributed by atoms with Gasteiger partial charge >= 0.3 is 0 Å². The van der Waals surface area contributed by atoms with Crippen molar-refractivity contribution in [2.75, 3.05) is 0 Å². The maximum atomic E-state index is 3.31. The molecule has 0 aromatic carbocycles. The van der Waals surface area contributed by atoms with Crippen molar-refractivity contribution in [1.29, 1.82) is 0 Å². The summed E-state index contributed by atoms with van der Waals surface area (Å²) in [7, 11) is 0. The second kappa shape index (κ2) is 3.43. The largest absolute Gasteiger partial charge is 0.358 e. The zero-order valence-corrected chi connectivity index (χ0v) is 5.83. The normalized spacial score (nSPS) is 6.67. The minimum absolute atomic E-state index is 0. The Morgan fingerprint density at radius 2 is 2.50 bits per heavy atom. The number of aromatic nitrogens is 3. The number of hydrogen-bond donors (Lipinski definition) is 0. The van der Waals surface area contributed by atoms with Crippen LogP contribution in [0.1, 0.15) is 0 Å². The molecule has 0 aliphatic carbocycles. The molecule has 1 heterocycles. The minimum Gasteiger partial charge on any atom is -0.358 e. The molecule has 0 fully saturated rings. The number of rotatable bonds is 0. The molecule has 0 N–H and O–H groups in total. The third-order valence-corrected chi connectivity index (χ3v) is 0.270. The van der Waals surface area contributed by atoms with E-state index in [-0.39, 0.29) is 32.7 Å². The van der Waals surface area contributed by atoms with Crippen molar-refractivity contribution in [3.05, 3.63) is 12.4 Å². The molecule has 0 bridgehead atoms. The fourth-order valence-electron chi connectivity index (χ4n) is 0.129. The molecule has 2 radical (unpaired) electrons. The molecule has 0 aliphatic rings. The smallest absolute Gasteiger partial charge is 0 e. The molecule has 0 saturated heterocycles. The first-order chi connectivity index (χ1) is 2.50. The SMILES string of the molecule is [Y].[c]1cnn[n-]1. The molecular formula is C2HN3Y-. The van der Waals surface area contributed by atoms with E-state index in [1.54, 1.807) is 0 Å². The van der Waals surface area contributed by atoms with E-state index in [1.165, 1.54) is 6.20 Å². The number of hydrogen-bond acceptors (Lipinski definition) is 2. The minimum atomic E-state index is 0. The van der Waals surface area contributed by atoms with Crippen LogP contribution in [0.2, 0.25) is 0 Å². The van der Waals surface area contributed by atoms with E-state index in [2.05, 4.69) is 21.6 Å². The standard InChI is InChI=1S/C2HN3.Y/c1-2-4-5-3-1;/h1H;/q-1;. The zero-order valence-electron chi connectivity index (χ0n) is 3.00. The van der Waals surface area contributed by atoms with Gasteiger partial charge in [-0.05, 0) is 6.20 Å². The van der Waals surface area contributed by atoms with Crippen LogP contribution in [0, 0.1) is 6.20 Å². The van der Waals surface area contributed by atoms with Crippen molar-refractivity contribution in [3.8, 4) is 0 Å². The molecule has 0 amide bonds. The summed E-state index contributed by atoms with van der Waals surface area (Å²) < 4.78 is 0. The van der Waals surface area contributed by atoms with Crippen LogP contribution in [0.3, 0.4) is 0 Å². The summed E-state index contributed by atoms with van der Waals surface area (Å²) in [6, 6.07) is 0. The van der Waals surface area contributed by atoms with Gasteiger partial charge in [0.05, 0.1) is 0 Å². The van der Waals surface area contributed by atoms with Crippen molar-refractivity contribution >= 4 is 0 Å².